The molecule has 3 heteroatoms. The predicted molar refractivity (Wildman–Crippen MR) is 205 cm³/mol. The average molecular weight is 629 g/mol. The van der Waals surface area contributed by atoms with Crippen molar-refractivity contribution in [2.24, 2.45) is 0 Å². The first-order valence-electron chi connectivity index (χ1n) is 16.3. The maximum atomic E-state index is 5.25. The number of aromatic nitrogens is 2. The molecule has 0 spiro atoms. The molecular formula is C45H28N2S. The van der Waals surface area contributed by atoms with Crippen LogP contribution in [0.25, 0.3) is 92.1 Å². The van der Waals surface area contributed by atoms with Crippen molar-refractivity contribution in [2.45, 2.75) is 0 Å². The third kappa shape index (κ3) is 4.15. The molecule has 0 saturated carbocycles. The third-order valence-electron chi connectivity index (χ3n) is 9.59. The zero-order chi connectivity index (χ0) is 31.6. The zero-order valence-electron chi connectivity index (χ0n) is 26.0. The zero-order valence-corrected chi connectivity index (χ0v) is 26.8. The Morgan fingerprint density at radius 1 is 0.417 bits per heavy atom. The molecule has 224 valence electrons. The molecule has 3 heterocycles. The number of rotatable bonds is 4. The van der Waals surface area contributed by atoms with E-state index >= 15 is 0 Å². The van der Waals surface area contributed by atoms with Gasteiger partial charge in [-0.25, -0.2) is 4.98 Å². The molecule has 10 rings (SSSR count). The average Bonchev–Trinajstić information content (AvgIpc) is 3.71. The van der Waals surface area contributed by atoms with Gasteiger partial charge in [0, 0.05) is 47.6 Å². The Morgan fingerprint density at radius 2 is 1.08 bits per heavy atom. The predicted octanol–water partition coefficient (Wildman–Crippen LogP) is 12.7. The molecule has 0 bridgehead atoms. The van der Waals surface area contributed by atoms with Crippen molar-refractivity contribution in [3.8, 4) is 39.2 Å². The lowest BCUT2D eigenvalue weighted by atomic mass is 9.97. The SMILES string of the molecule is c1ccc(-c2ccc3c4c5sc6c(-c7cc(-c8ccccc8)c8ccccc8n7)cccc6c5ccc4n(-c4ccccc4)c3c2)cc1. The standard InChI is InChI=1S/C45H28N2S/c1-4-13-29(14-5-1)31-23-24-37-42(27-31)47(32-17-8-3-9-18-32)41-26-25-35-34-20-12-21-36(44(34)48-45(35)43(37)41)40-28-38(30-15-6-2-7-16-30)33-19-10-11-22-39(33)46-40/h1-28H. The lowest BCUT2D eigenvalue weighted by Crippen LogP contribution is -1.93. The van der Waals surface area contributed by atoms with Gasteiger partial charge in [-0.2, -0.15) is 0 Å². The van der Waals surface area contributed by atoms with E-state index < -0.39 is 0 Å². The normalized spacial score (nSPS) is 11.8. The van der Waals surface area contributed by atoms with E-state index in [4.69, 9.17) is 4.98 Å². The highest BCUT2D eigenvalue weighted by Gasteiger charge is 2.20. The van der Waals surface area contributed by atoms with Crippen LogP contribution in [0.1, 0.15) is 0 Å². The molecule has 0 unspecified atom stereocenters. The van der Waals surface area contributed by atoms with Gasteiger partial charge in [0.2, 0.25) is 0 Å². The van der Waals surface area contributed by atoms with Crippen molar-refractivity contribution >= 4 is 64.2 Å². The van der Waals surface area contributed by atoms with Crippen LogP contribution in [0, 0.1) is 0 Å². The second kappa shape index (κ2) is 10.8. The van der Waals surface area contributed by atoms with Crippen molar-refractivity contribution in [1.82, 2.24) is 9.55 Å². The fourth-order valence-electron chi connectivity index (χ4n) is 7.39. The van der Waals surface area contributed by atoms with Crippen LogP contribution in [0.15, 0.2) is 170 Å². The molecular weight excluding hydrogens is 601 g/mol. The van der Waals surface area contributed by atoms with E-state index in [1.807, 2.05) is 11.3 Å². The summed E-state index contributed by atoms with van der Waals surface area (Å²) in [7, 11) is 0. The van der Waals surface area contributed by atoms with Crippen molar-refractivity contribution in [3.63, 3.8) is 0 Å². The molecule has 2 nitrogen and oxygen atoms in total. The van der Waals surface area contributed by atoms with Crippen LogP contribution in [-0.4, -0.2) is 9.55 Å². The summed E-state index contributed by atoms with van der Waals surface area (Å²) in [6.45, 7) is 0. The van der Waals surface area contributed by atoms with E-state index in [9.17, 15) is 0 Å². The smallest absolute Gasteiger partial charge is 0.0730 e. The summed E-state index contributed by atoms with van der Waals surface area (Å²) in [4.78, 5) is 5.25. The van der Waals surface area contributed by atoms with Gasteiger partial charge in [-0.15, -0.1) is 11.3 Å². The highest BCUT2D eigenvalue weighted by molar-refractivity contribution is 7.27. The van der Waals surface area contributed by atoms with Gasteiger partial charge in [0.25, 0.3) is 0 Å². The Bertz CT molecular complexity index is 2810. The van der Waals surface area contributed by atoms with E-state index in [2.05, 4.69) is 174 Å². The first-order valence-corrected chi connectivity index (χ1v) is 17.1. The Hall–Kier alpha value is -6.03. The minimum absolute atomic E-state index is 1.00. The monoisotopic (exact) mass is 628 g/mol. The van der Waals surface area contributed by atoms with Gasteiger partial charge in [0.1, 0.15) is 0 Å². The number of hydrogen-bond acceptors (Lipinski definition) is 2. The van der Waals surface area contributed by atoms with Crippen molar-refractivity contribution in [1.29, 1.82) is 0 Å². The van der Waals surface area contributed by atoms with Crippen LogP contribution in [0.2, 0.25) is 0 Å². The summed E-state index contributed by atoms with van der Waals surface area (Å²) < 4.78 is 5.01. The molecule has 48 heavy (non-hydrogen) atoms. The Morgan fingerprint density at radius 3 is 1.90 bits per heavy atom. The number of hydrogen-bond donors (Lipinski definition) is 0. The first-order chi connectivity index (χ1) is 23.8. The molecule has 0 saturated heterocycles. The van der Waals surface area contributed by atoms with Crippen LogP contribution >= 0.6 is 11.3 Å². The van der Waals surface area contributed by atoms with Crippen LogP contribution in [0.3, 0.4) is 0 Å². The Kier molecular flexibility index (Phi) is 6.08. The number of pyridine rings is 1. The third-order valence-corrected chi connectivity index (χ3v) is 10.9. The Labute approximate surface area is 281 Å². The fraction of sp³-hybridized carbons (Fsp3) is 0. The quantitative estimate of drug-likeness (QED) is 0.190. The van der Waals surface area contributed by atoms with Gasteiger partial charge in [-0.05, 0) is 58.7 Å². The highest BCUT2D eigenvalue weighted by atomic mass is 32.1. The van der Waals surface area contributed by atoms with Gasteiger partial charge in [0.05, 0.1) is 22.2 Å². The summed E-state index contributed by atoms with van der Waals surface area (Å²) in [6, 6.07) is 61.1. The molecule has 0 radical (unpaired) electrons. The fourth-order valence-corrected chi connectivity index (χ4v) is 8.77. The van der Waals surface area contributed by atoms with Crippen LogP contribution in [0.5, 0.6) is 0 Å². The highest BCUT2D eigenvalue weighted by Crippen LogP contribution is 2.46. The van der Waals surface area contributed by atoms with Crippen LogP contribution in [0.4, 0.5) is 0 Å². The molecule has 0 atom stereocenters. The minimum Gasteiger partial charge on any atom is -0.309 e. The van der Waals surface area contributed by atoms with Gasteiger partial charge in [-0.3, -0.25) is 0 Å². The second-order valence-corrected chi connectivity index (χ2v) is 13.3. The summed E-state index contributed by atoms with van der Waals surface area (Å²) in [6.07, 6.45) is 0. The van der Waals surface area contributed by atoms with E-state index in [1.54, 1.807) is 0 Å². The van der Waals surface area contributed by atoms with Gasteiger partial charge in [-0.1, -0.05) is 133 Å². The lowest BCUT2D eigenvalue weighted by molar-refractivity contribution is 1.18. The van der Waals surface area contributed by atoms with Gasteiger partial charge in [0.15, 0.2) is 0 Å². The van der Waals surface area contributed by atoms with E-state index in [0.717, 1.165) is 16.9 Å². The maximum Gasteiger partial charge on any atom is 0.0730 e. The molecule has 3 aromatic heterocycles. The molecule has 0 amide bonds. The molecule has 0 aliphatic rings. The van der Waals surface area contributed by atoms with E-state index in [-0.39, 0.29) is 0 Å². The number of benzene rings is 7. The summed E-state index contributed by atoms with van der Waals surface area (Å²) in [5.74, 6) is 0. The number of para-hydroxylation sites is 2. The largest absolute Gasteiger partial charge is 0.309 e. The first kappa shape index (κ1) is 27.1. The van der Waals surface area contributed by atoms with Gasteiger partial charge < -0.3 is 4.57 Å². The molecule has 10 aromatic rings. The lowest BCUT2D eigenvalue weighted by Gasteiger charge is -2.11. The molecule has 0 fully saturated rings. The topological polar surface area (TPSA) is 17.8 Å². The second-order valence-electron chi connectivity index (χ2n) is 12.3. The van der Waals surface area contributed by atoms with Gasteiger partial charge >= 0.3 is 0 Å². The van der Waals surface area contributed by atoms with E-state index in [1.165, 1.54) is 75.2 Å². The maximum absolute atomic E-state index is 5.25. The molecule has 0 N–H and O–H groups in total. The number of thiophene rings is 1. The van der Waals surface area contributed by atoms with Crippen LogP contribution < -0.4 is 0 Å². The Balaban J connectivity index is 1.27. The number of fused-ring (bicyclic) bond motifs is 8. The minimum atomic E-state index is 1.00. The van der Waals surface area contributed by atoms with E-state index in [0.29, 0.717) is 0 Å². The molecule has 0 aliphatic carbocycles. The molecule has 7 aromatic carbocycles. The van der Waals surface area contributed by atoms with Crippen LogP contribution in [-0.2, 0) is 0 Å². The summed E-state index contributed by atoms with van der Waals surface area (Å²) in [5.41, 5.74) is 11.6. The van der Waals surface area contributed by atoms with Crippen molar-refractivity contribution in [2.75, 3.05) is 0 Å². The number of nitrogens with zero attached hydrogens (tertiary/aromatic N) is 2. The molecule has 0 aliphatic heterocycles. The van der Waals surface area contributed by atoms with Crippen molar-refractivity contribution in [3.05, 3.63) is 170 Å². The summed E-state index contributed by atoms with van der Waals surface area (Å²) in [5, 5.41) is 6.29. The van der Waals surface area contributed by atoms with Crippen molar-refractivity contribution < 1.29 is 0 Å². The summed E-state index contributed by atoms with van der Waals surface area (Å²) >= 11 is 1.89.